The highest BCUT2D eigenvalue weighted by Crippen LogP contribution is 2.29. The summed E-state index contributed by atoms with van der Waals surface area (Å²) in [6, 6.07) is 13.1. The molecule has 5 heteroatoms. The van der Waals surface area contributed by atoms with Gasteiger partial charge in [0, 0.05) is 10.0 Å². The zero-order chi connectivity index (χ0) is 16.8. The van der Waals surface area contributed by atoms with Gasteiger partial charge in [-0.25, -0.2) is 0 Å². The van der Waals surface area contributed by atoms with Crippen molar-refractivity contribution in [3.05, 3.63) is 58.1 Å². The molecule has 0 aromatic heterocycles. The largest absolute Gasteiger partial charge is 0.497 e. The summed E-state index contributed by atoms with van der Waals surface area (Å²) in [5, 5.41) is 3.00. The van der Waals surface area contributed by atoms with E-state index in [1.807, 2.05) is 49.4 Å². The van der Waals surface area contributed by atoms with E-state index < -0.39 is 0 Å². The third-order valence-corrected chi connectivity index (χ3v) is 4.09. The van der Waals surface area contributed by atoms with E-state index in [2.05, 4.69) is 21.2 Å². The number of ether oxygens (including phenoxy) is 2. The van der Waals surface area contributed by atoms with Crippen LogP contribution in [-0.4, -0.2) is 20.1 Å². The number of carbonyl (C=O) groups excluding carboxylic acids is 1. The second-order valence-corrected chi connectivity index (χ2v) is 6.12. The van der Waals surface area contributed by atoms with Gasteiger partial charge in [-0.1, -0.05) is 28.1 Å². The van der Waals surface area contributed by atoms with Crippen LogP contribution >= 0.6 is 15.9 Å². The smallest absolute Gasteiger partial charge is 0.224 e. The molecule has 4 nitrogen and oxygen atoms in total. The lowest BCUT2D eigenvalue weighted by molar-refractivity contribution is -0.121. The van der Waals surface area contributed by atoms with Gasteiger partial charge in [0.25, 0.3) is 0 Å². The first-order chi connectivity index (χ1) is 11.0. The van der Waals surface area contributed by atoms with Crippen molar-refractivity contribution in [2.45, 2.75) is 19.4 Å². The van der Waals surface area contributed by atoms with Crippen LogP contribution in [0.5, 0.6) is 11.5 Å². The molecule has 0 aliphatic carbocycles. The summed E-state index contributed by atoms with van der Waals surface area (Å²) < 4.78 is 11.6. The molecular formula is C18H20BrNO3. The van der Waals surface area contributed by atoms with Crippen LogP contribution in [0.4, 0.5) is 0 Å². The Balaban J connectivity index is 2.07. The molecular weight excluding hydrogens is 358 g/mol. The maximum absolute atomic E-state index is 12.2. The van der Waals surface area contributed by atoms with Crippen molar-refractivity contribution in [3.8, 4) is 11.5 Å². The molecule has 0 saturated carbocycles. The summed E-state index contributed by atoms with van der Waals surface area (Å²) in [6.07, 6.45) is 0.337. The minimum atomic E-state index is -0.178. The molecule has 1 unspecified atom stereocenters. The fourth-order valence-electron chi connectivity index (χ4n) is 2.34. The Morgan fingerprint density at radius 2 is 1.83 bits per heavy atom. The van der Waals surface area contributed by atoms with Gasteiger partial charge in [0.2, 0.25) is 5.91 Å². The Hall–Kier alpha value is -2.01. The van der Waals surface area contributed by atoms with Crippen molar-refractivity contribution in [3.63, 3.8) is 0 Å². The number of nitrogens with one attached hydrogen (secondary N) is 1. The molecule has 2 aromatic rings. The Morgan fingerprint density at radius 1 is 1.13 bits per heavy atom. The van der Waals surface area contributed by atoms with Crippen LogP contribution in [0.25, 0.3) is 0 Å². The summed E-state index contributed by atoms with van der Waals surface area (Å²) >= 11 is 3.39. The summed E-state index contributed by atoms with van der Waals surface area (Å²) in [5.74, 6) is 1.42. The van der Waals surface area contributed by atoms with E-state index in [1.54, 1.807) is 14.2 Å². The van der Waals surface area contributed by atoms with Crippen molar-refractivity contribution in [1.82, 2.24) is 5.32 Å². The highest BCUT2D eigenvalue weighted by atomic mass is 79.9. The predicted octanol–water partition coefficient (Wildman–Crippen LogP) is 3.89. The standard InChI is InChI=1S/C18H20BrNO3/c1-12(16-11-15(22-2)8-9-17(16)23-3)20-18(21)10-13-4-6-14(19)7-5-13/h4-9,11-12H,10H2,1-3H3,(H,20,21). The number of benzene rings is 2. The Kier molecular flexibility index (Phi) is 6.04. The van der Waals surface area contributed by atoms with E-state index in [-0.39, 0.29) is 11.9 Å². The monoisotopic (exact) mass is 377 g/mol. The number of amides is 1. The highest BCUT2D eigenvalue weighted by molar-refractivity contribution is 9.10. The fraction of sp³-hybridized carbons (Fsp3) is 0.278. The molecule has 0 fully saturated rings. The van der Waals surface area contributed by atoms with Gasteiger partial charge >= 0.3 is 0 Å². The second kappa shape index (κ2) is 8.02. The van der Waals surface area contributed by atoms with E-state index >= 15 is 0 Å². The molecule has 0 aliphatic heterocycles. The highest BCUT2D eigenvalue weighted by Gasteiger charge is 2.15. The Labute approximate surface area is 144 Å². The van der Waals surface area contributed by atoms with Crippen LogP contribution in [-0.2, 0) is 11.2 Å². The molecule has 23 heavy (non-hydrogen) atoms. The van der Waals surface area contributed by atoms with E-state index in [0.29, 0.717) is 6.42 Å². The Bertz CT molecular complexity index is 670. The molecule has 1 amide bonds. The summed E-state index contributed by atoms with van der Waals surface area (Å²) in [6.45, 7) is 1.93. The van der Waals surface area contributed by atoms with E-state index in [4.69, 9.17) is 9.47 Å². The molecule has 2 rings (SSSR count). The van der Waals surface area contributed by atoms with Gasteiger partial charge in [0.05, 0.1) is 26.7 Å². The molecule has 2 aromatic carbocycles. The van der Waals surface area contributed by atoms with E-state index in [0.717, 1.165) is 27.1 Å². The van der Waals surface area contributed by atoms with Crippen LogP contribution in [0.15, 0.2) is 46.9 Å². The normalized spacial score (nSPS) is 11.7. The number of methoxy groups -OCH3 is 2. The minimum Gasteiger partial charge on any atom is -0.497 e. The second-order valence-electron chi connectivity index (χ2n) is 5.20. The first kappa shape index (κ1) is 17.3. The van der Waals surface area contributed by atoms with Crippen molar-refractivity contribution in [1.29, 1.82) is 0 Å². The van der Waals surface area contributed by atoms with Crippen molar-refractivity contribution in [2.75, 3.05) is 14.2 Å². The van der Waals surface area contributed by atoms with E-state index in [1.165, 1.54) is 0 Å². The first-order valence-corrected chi connectivity index (χ1v) is 8.08. The molecule has 0 radical (unpaired) electrons. The van der Waals surface area contributed by atoms with Gasteiger partial charge in [-0.3, -0.25) is 4.79 Å². The predicted molar refractivity (Wildman–Crippen MR) is 93.9 cm³/mol. The zero-order valence-electron chi connectivity index (χ0n) is 13.4. The van der Waals surface area contributed by atoms with Crippen LogP contribution in [0.3, 0.4) is 0 Å². The molecule has 0 heterocycles. The number of rotatable bonds is 6. The maximum atomic E-state index is 12.2. The Morgan fingerprint density at radius 3 is 2.43 bits per heavy atom. The molecule has 1 N–H and O–H groups in total. The number of halogens is 1. The SMILES string of the molecule is COc1ccc(OC)c(C(C)NC(=O)Cc2ccc(Br)cc2)c1. The van der Waals surface area contributed by atoms with Gasteiger partial charge in [-0.2, -0.15) is 0 Å². The molecule has 122 valence electrons. The first-order valence-electron chi connectivity index (χ1n) is 7.29. The molecule has 1 atom stereocenters. The quantitative estimate of drug-likeness (QED) is 0.830. The average Bonchev–Trinajstić information content (AvgIpc) is 2.56. The topological polar surface area (TPSA) is 47.6 Å². The molecule has 0 aliphatic rings. The van der Waals surface area contributed by atoms with Crippen molar-refractivity contribution < 1.29 is 14.3 Å². The lowest BCUT2D eigenvalue weighted by Crippen LogP contribution is -2.28. The third kappa shape index (κ3) is 4.73. The minimum absolute atomic E-state index is 0.0373. The number of carbonyl (C=O) groups is 1. The van der Waals surface area contributed by atoms with Crippen molar-refractivity contribution >= 4 is 21.8 Å². The van der Waals surface area contributed by atoms with Gasteiger partial charge < -0.3 is 14.8 Å². The van der Waals surface area contributed by atoms with Gasteiger partial charge in [-0.05, 0) is 42.8 Å². The molecule has 0 saturated heterocycles. The van der Waals surface area contributed by atoms with Gasteiger partial charge in [0.15, 0.2) is 0 Å². The molecule has 0 spiro atoms. The summed E-state index contributed by atoms with van der Waals surface area (Å²) in [4.78, 5) is 12.2. The lowest BCUT2D eigenvalue weighted by Gasteiger charge is -2.18. The lowest BCUT2D eigenvalue weighted by atomic mass is 10.1. The molecule has 0 bridgehead atoms. The third-order valence-electron chi connectivity index (χ3n) is 3.56. The average molecular weight is 378 g/mol. The van der Waals surface area contributed by atoms with Gasteiger partial charge in [0.1, 0.15) is 11.5 Å². The van der Waals surface area contributed by atoms with Crippen LogP contribution in [0, 0.1) is 0 Å². The summed E-state index contributed by atoms with van der Waals surface area (Å²) in [7, 11) is 3.23. The zero-order valence-corrected chi connectivity index (χ0v) is 15.0. The number of hydrogen-bond acceptors (Lipinski definition) is 3. The van der Waals surface area contributed by atoms with Crippen LogP contribution < -0.4 is 14.8 Å². The number of hydrogen-bond donors (Lipinski definition) is 1. The van der Waals surface area contributed by atoms with Gasteiger partial charge in [-0.15, -0.1) is 0 Å². The summed E-state index contributed by atoms with van der Waals surface area (Å²) in [5.41, 5.74) is 1.85. The van der Waals surface area contributed by atoms with Crippen LogP contribution in [0.1, 0.15) is 24.1 Å². The van der Waals surface area contributed by atoms with E-state index in [9.17, 15) is 4.79 Å². The van der Waals surface area contributed by atoms with Crippen molar-refractivity contribution in [2.24, 2.45) is 0 Å². The maximum Gasteiger partial charge on any atom is 0.224 e. The fourth-order valence-corrected chi connectivity index (χ4v) is 2.60. The van der Waals surface area contributed by atoms with Crippen LogP contribution in [0.2, 0.25) is 0 Å².